The number of carbonyl (C=O) groups excluding carboxylic acids is 1. The summed E-state index contributed by atoms with van der Waals surface area (Å²) >= 11 is 3.59. The summed E-state index contributed by atoms with van der Waals surface area (Å²) in [7, 11) is -1.87. The second kappa shape index (κ2) is 24.7. The van der Waals surface area contributed by atoms with Gasteiger partial charge >= 0.3 is 31.4 Å². The van der Waals surface area contributed by atoms with E-state index in [0.29, 0.717) is 61.2 Å². The topological polar surface area (TPSA) is 141 Å². The van der Waals surface area contributed by atoms with Gasteiger partial charge in [-0.25, -0.2) is 0 Å². The minimum absolute atomic E-state index is 0.156. The number of fused-ring (bicyclic) bond motifs is 2. The van der Waals surface area contributed by atoms with Gasteiger partial charge in [0.25, 0.3) is 0 Å². The molecule has 0 bridgehead atoms. The molecular formula is C58H60BBrF6O10. The van der Waals surface area contributed by atoms with Crippen molar-refractivity contribution in [3.05, 3.63) is 170 Å². The zero-order valence-corrected chi connectivity index (χ0v) is 44.7. The van der Waals surface area contributed by atoms with Crippen LogP contribution in [0, 0.1) is 11.8 Å². The van der Waals surface area contributed by atoms with Gasteiger partial charge in [-0.15, -0.1) is 0 Å². The Morgan fingerprint density at radius 2 is 1.12 bits per heavy atom. The van der Waals surface area contributed by atoms with Crippen LogP contribution < -0.4 is 24.4 Å². The SMILES string of the molecule is CC(Cc1ccc(OCc2cc(-c3cccc(C(F)(F)F)c3)cc3c2OC(C)(C)C3)cc1)C(=O)O.CCOC(=O)C(C)Cc1ccc(OCc2cc(Br)cc3c2OC(C)(C)C3)cc1.OB(O)c1cccc(C(F)(F)F)c1. The average molecular weight is 1120 g/mol. The van der Waals surface area contributed by atoms with E-state index in [9.17, 15) is 35.9 Å². The maximum Gasteiger partial charge on any atom is 0.488 e. The third-order valence-electron chi connectivity index (χ3n) is 12.3. The summed E-state index contributed by atoms with van der Waals surface area (Å²) < 4.78 is 106. The number of carbonyl (C=O) groups is 2. The molecule has 0 fully saturated rings. The summed E-state index contributed by atoms with van der Waals surface area (Å²) in [5.74, 6) is 1.40. The Labute approximate surface area is 447 Å². The molecule has 18 heteroatoms. The molecule has 0 aliphatic carbocycles. The molecule has 0 spiro atoms. The number of hydrogen-bond acceptors (Lipinski definition) is 9. The predicted molar refractivity (Wildman–Crippen MR) is 281 cm³/mol. The largest absolute Gasteiger partial charge is 0.489 e. The molecule has 0 radical (unpaired) electrons. The molecular weight excluding hydrogens is 1060 g/mol. The fraction of sp³-hybridized carbons (Fsp3) is 0.345. The van der Waals surface area contributed by atoms with Gasteiger partial charge < -0.3 is 38.8 Å². The Bertz CT molecular complexity index is 2960. The number of rotatable bonds is 15. The molecule has 3 N–H and O–H groups in total. The van der Waals surface area contributed by atoms with E-state index in [1.54, 1.807) is 25.1 Å². The van der Waals surface area contributed by atoms with Gasteiger partial charge in [0.15, 0.2) is 0 Å². The number of esters is 1. The highest BCUT2D eigenvalue weighted by atomic mass is 79.9. The monoisotopic (exact) mass is 1120 g/mol. The Kier molecular flexibility index (Phi) is 19.1. The van der Waals surface area contributed by atoms with E-state index in [-0.39, 0.29) is 29.6 Å². The van der Waals surface area contributed by atoms with Crippen molar-refractivity contribution in [1.29, 1.82) is 0 Å². The summed E-state index contributed by atoms with van der Waals surface area (Å²) in [5.41, 5.74) is 4.70. The van der Waals surface area contributed by atoms with Gasteiger partial charge in [-0.1, -0.05) is 90.4 Å². The highest BCUT2D eigenvalue weighted by molar-refractivity contribution is 9.10. The van der Waals surface area contributed by atoms with E-state index in [4.69, 9.17) is 38.8 Å². The molecule has 2 aliphatic heterocycles. The molecule has 2 aliphatic rings. The number of carboxylic acid groups (broad SMARTS) is 1. The first-order chi connectivity index (χ1) is 35.6. The van der Waals surface area contributed by atoms with Crippen molar-refractivity contribution < 1.29 is 74.8 Å². The van der Waals surface area contributed by atoms with Crippen LogP contribution in [-0.2, 0) is 65.6 Å². The molecule has 0 saturated heterocycles. The first-order valence-electron chi connectivity index (χ1n) is 24.5. The fourth-order valence-electron chi connectivity index (χ4n) is 8.59. The highest BCUT2D eigenvalue weighted by Gasteiger charge is 2.35. The number of benzene rings is 6. The number of alkyl halides is 6. The average Bonchev–Trinajstić information content (AvgIpc) is 3.85. The lowest BCUT2D eigenvalue weighted by atomic mass is 9.79. The number of aliphatic carboxylic acids is 1. The van der Waals surface area contributed by atoms with Crippen molar-refractivity contribution in [1.82, 2.24) is 0 Å². The van der Waals surface area contributed by atoms with E-state index >= 15 is 0 Å². The van der Waals surface area contributed by atoms with Crippen molar-refractivity contribution >= 4 is 40.4 Å². The third kappa shape index (κ3) is 16.5. The van der Waals surface area contributed by atoms with E-state index in [1.807, 2.05) is 76.2 Å². The number of hydrogen-bond donors (Lipinski definition) is 3. The van der Waals surface area contributed by atoms with Crippen LogP contribution in [-0.4, -0.2) is 52.0 Å². The van der Waals surface area contributed by atoms with Crippen LogP contribution in [0.25, 0.3) is 11.1 Å². The van der Waals surface area contributed by atoms with Crippen molar-refractivity contribution in [2.75, 3.05) is 6.61 Å². The summed E-state index contributed by atoms with van der Waals surface area (Å²) in [4.78, 5) is 22.9. The molecule has 0 amide bonds. The Hall–Kier alpha value is -6.50. The van der Waals surface area contributed by atoms with Crippen LogP contribution in [0.2, 0.25) is 0 Å². The van der Waals surface area contributed by atoms with E-state index in [2.05, 4.69) is 41.9 Å². The van der Waals surface area contributed by atoms with Gasteiger partial charge in [-0.05, 0) is 147 Å². The quantitative estimate of drug-likeness (QED) is 0.0517. The first-order valence-corrected chi connectivity index (χ1v) is 25.3. The molecule has 6 aromatic rings. The standard InChI is InChI=1S/C28H27F3O4.C23H27BrO4.C7H6BF3O2/c1-17(26(32)33)11-18-7-9-24(10-8-18)34-16-22-13-20(12-21-15-27(2,3)35-25(21)22)19-5-4-6-23(14-19)28(29,30)31;1-5-26-22(25)15(2)10-16-6-8-20(9-7-16)27-14-18-12-19(24)11-17-13-23(3,4)28-21(17)18;9-7(10,11)5-2-1-3-6(4-5)8(12)13/h4-10,12-14,17H,11,15-16H2,1-3H3,(H,32,33);6-9,11-12,15H,5,10,13-14H2,1-4H3;1-4,12-13H. The summed E-state index contributed by atoms with van der Waals surface area (Å²) in [6.07, 6.45) is -6.27. The summed E-state index contributed by atoms with van der Waals surface area (Å²) in [6, 6.07) is 32.2. The summed E-state index contributed by atoms with van der Waals surface area (Å²) in [5, 5.41) is 26.3. The van der Waals surface area contributed by atoms with Crippen LogP contribution in [0.3, 0.4) is 0 Å². The molecule has 8 rings (SSSR count). The van der Waals surface area contributed by atoms with E-state index in [1.165, 1.54) is 17.7 Å². The van der Waals surface area contributed by atoms with Crippen LogP contribution in [0.4, 0.5) is 26.3 Å². The maximum absolute atomic E-state index is 13.3. The minimum Gasteiger partial charge on any atom is -0.489 e. The van der Waals surface area contributed by atoms with Gasteiger partial charge in [-0.3, -0.25) is 9.59 Å². The van der Waals surface area contributed by atoms with Crippen LogP contribution in [0.5, 0.6) is 23.0 Å². The highest BCUT2D eigenvalue weighted by Crippen LogP contribution is 2.43. The Morgan fingerprint density at radius 1 is 0.645 bits per heavy atom. The smallest absolute Gasteiger partial charge is 0.488 e. The predicted octanol–water partition coefficient (Wildman–Crippen LogP) is 12.8. The summed E-state index contributed by atoms with van der Waals surface area (Å²) in [6.45, 7) is 14.5. The molecule has 0 aromatic heterocycles. The van der Waals surface area contributed by atoms with Crippen LogP contribution in [0.1, 0.15) is 93.0 Å². The van der Waals surface area contributed by atoms with Crippen molar-refractivity contribution in [2.45, 2.75) is 111 Å². The molecule has 10 nitrogen and oxygen atoms in total. The third-order valence-corrected chi connectivity index (χ3v) is 12.8. The number of ether oxygens (including phenoxy) is 5. The fourth-order valence-corrected chi connectivity index (χ4v) is 9.15. The lowest BCUT2D eigenvalue weighted by Gasteiger charge is -2.19. The molecule has 0 saturated carbocycles. The van der Waals surface area contributed by atoms with E-state index in [0.717, 1.165) is 74.5 Å². The number of carboxylic acids is 1. The Balaban J connectivity index is 0.000000203. The minimum atomic E-state index is -4.45. The number of halogens is 7. The van der Waals surface area contributed by atoms with Gasteiger partial charge in [0.2, 0.25) is 0 Å². The zero-order chi connectivity index (χ0) is 55.8. The maximum atomic E-state index is 13.3. The van der Waals surface area contributed by atoms with Crippen molar-refractivity contribution in [3.8, 4) is 34.1 Å². The second-order valence-corrected chi connectivity index (χ2v) is 20.9. The van der Waals surface area contributed by atoms with Crippen molar-refractivity contribution in [3.63, 3.8) is 0 Å². The molecule has 404 valence electrons. The van der Waals surface area contributed by atoms with Gasteiger partial charge in [0.05, 0.1) is 29.6 Å². The zero-order valence-electron chi connectivity index (χ0n) is 43.1. The van der Waals surface area contributed by atoms with Gasteiger partial charge in [-0.2, -0.15) is 26.3 Å². The normalized spacial score (nSPS) is 14.7. The van der Waals surface area contributed by atoms with Crippen LogP contribution >= 0.6 is 15.9 Å². The Morgan fingerprint density at radius 3 is 1.61 bits per heavy atom. The molecule has 2 atom stereocenters. The molecule has 2 heterocycles. The van der Waals surface area contributed by atoms with E-state index < -0.39 is 48.1 Å². The van der Waals surface area contributed by atoms with Gasteiger partial charge in [0, 0.05) is 28.4 Å². The lowest BCUT2D eigenvalue weighted by molar-refractivity contribution is -0.147. The second-order valence-electron chi connectivity index (χ2n) is 20.0. The molecule has 6 aromatic carbocycles. The lowest BCUT2D eigenvalue weighted by Crippen LogP contribution is -2.30. The molecule has 2 unspecified atom stereocenters. The van der Waals surface area contributed by atoms with Gasteiger partial charge in [0.1, 0.15) is 47.4 Å². The first kappa shape index (κ1) is 58.8. The van der Waals surface area contributed by atoms with Crippen molar-refractivity contribution in [2.24, 2.45) is 11.8 Å². The van der Waals surface area contributed by atoms with Crippen LogP contribution in [0.15, 0.2) is 126 Å². The molecule has 76 heavy (non-hydrogen) atoms.